The molecule has 8 rings (SSSR count). The molecule has 2 fully saturated rings. The number of nitrogens with two attached hydrogens (primary N) is 2. The van der Waals surface area contributed by atoms with E-state index in [9.17, 15) is 33.6 Å². The first-order chi connectivity index (χ1) is 34.9. The number of guanidine groups is 1. The number of anilines is 1. The van der Waals surface area contributed by atoms with Crippen molar-refractivity contribution in [3.05, 3.63) is 147 Å². The Morgan fingerprint density at radius 3 is 2.00 bits per heavy atom. The van der Waals surface area contributed by atoms with E-state index in [2.05, 4.69) is 36.5 Å². The average molecular weight is 982 g/mol. The van der Waals surface area contributed by atoms with E-state index in [0.717, 1.165) is 34.2 Å². The minimum absolute atomic E-state index is 0.0272. The molecule has 9 N–H and O–H groups in total. The number of para-hydroxylation sites is 3. The fourth-order valence-corrected chi connectivity index (χ4v) is 10.2. The number of nitrogens with zero attached hydrogens (tertiary/aromatic N) is 6. The van der Waals surface area contributed by atoms with Gasteiger partial charge in [-0.05, 0) is 78.6 Å². The second kappa shape index (κ2) is 23.4. The van der Waals surface area contributed by atoms with Crippen LogP contribution in [0.3, 0.4) is 0 Å². The van der Waals surface area contributed by atoms with Gasteiger partial charge in [0.1, 0.15) is 6.04 Å². The predicted molar refractivity (Wildman–Crippen MR) is 273 cm³/mol. The third-order valence-corrected chi connectivity index (χ3v) is 13.7. The van der Waals surface area contributed by atoms with Crippen molar-refractivity contribution < 1.29 is 24.0 Å². The topological polar surface area (TPSA) is 265 Å². The van der Waals surface area contributed by atoms with Crippen molar-refractivity contribution in [2.75, 3.05) is 57.7 Å². The zero-order valence-electron chi connectivity index (χ0n) is 40.3. The summed E-state index contributed by atoms with van der Waals surface area (Å²) < 4.78 is 3.62. The van der Waals surface area contributed by atoms with Crippen molar-refractivity contribution in [2.45, 2.75) is 70.0 Å². The fourth-order valence-electron chi connectivity index (χ4n) is 10.2. The summed E-state index contributed by atoms with van der Waals surface area (Å²) in [6, 6.07) is 31.2. The SMILES string of the molecule is NCCNC(=O)NC(N)=NCCC[C@H](NC(=O)CC1(CC(=O)N2CCN(C3c4ccccc4NC(=O)c4ccccc43)CC2)CCCC1)C(=O)NCCn1c(=O)n(-c2ccccc2)n(-c2ccccc2)c1=O. The summed E-state index contributed by atoms with van der Waals surface area (Å²) >= 11 is 0. The molecule has 1 saturated carbocycles. The zero-order valence-corrected chi connectivity index (χ0v) is 40.3. The van der Waals surface area contributed by atoms with Crippen LogP contribution in [0.2, 0.25) is 0 Å². The van der Waals surface area contributed by atoms with E-state index in [0.29, 0.717) is 56.0 Å². The standard InChI is InChI=1S/C52H63N13O7/c53-25-27-57-49(70)60-48(54)56-26-13-22-42(47(69)55-28-29-63-50(71)64(36-14-3-1-4-15-36)65(51(63)72)37-16-5-2-6-17-37)58-43(66)34-52(23-11-12-24-52)35-44(67)61-30-32-62(33-31-61)45-38-18-7-8-19-39(38)46(68)59-41-21-10-9-20-40(41)45/h1-10,14-21,42,45H,11-13,22-35,53H2,(H,55,69)(H,58,66)(H,59,68)(H4,54,56,57,60,70)/t42-,45?/m0/s1. The molecule has 1 aromatic heterocycles. The van der Waals surface area contributed by atoms with E-state index in [4.69, 9.17) is 11.5 Å². The van der Waals surface area contributed by atoms with Gasteiger partial charge >= 0.3 is 17.4 Å². The molecule has 1 aliphatic carbocycles. The first-order valence-electron chi connectivity index (χ1n) is 24.6. The molecule has 6 amide bonds. The van der Waals surface area contributed by atoms with Crippen LogP contribution in [0.5, 0.6) is 0 Å². The number of aliphatic imine (C=N–C) groups is 1. The predicted octanol–water partition coefficient (Wildman–Crippen LogP) is 2.58. The number of urea groups is 1. The lowest BCUT2D eigenvalue weighted by Crippen LogP contribution is -2.51. The van der Waals surface area contributed by atoms with Gasteiger partial charge in [-0.25, -0.2) is 19.0 Å². The Kier molecular flexibility index (Phi) is 16.4. The third-order valence-electron chi connectivity index (χ3n) is 13.7. The number of carbonyl (C=O) groups excluding carboxylic acids is 5. The van der Waals surface area contributed by atoms with Crippen LogP contribution in [0, 0.1) is 5.41 Å². The van der Waals surface area contributed by atoms with Gasteiger partial charge in [0.05, 0.1) is 17.4 Å². The highest BCUT2D eigenvalue weighted by Gasteiger charge is 2.41. The normalized spacial score (nSPS) is 16.9. The second-order valence-electron chi connectivity index (χ2n) is 18.5. The van der Waals surface area contributed by atoms with Crippen LogP contribution in [0.15, 0.2) is 124 Å². The second-order valence-corrected chi connectivity index (χ2v) is 18.5. The number of fused-ring (bicyclic) bond motifs is 2. The van der Waals surface area contributed by atoms with Gasteiger partial charge in [-0.15, -0.1) is 0 Å². The summed E-state index contributed by atoms with van der Waals surface area (Å²) in [4.78, 5) is 104. The number of carbonyl (C=O) groups is 5. The minimum atomic E-state index is -1.05. The van der Waals surface area contributed by atoms with Gasteiger partial charge in [-0.3, -0.25) is 34.4 Å². The first kappa shape index (κ1) is 50.5. The summed E-state index contributed by atoms with van der Waals surface area (Å²) in [7, 11) is 0. The number of nitrogens with one attached hydrogen (secondary N) is 5. The number of hydrogen-bond acceptors (Lipinski definition) is 10. The van der Waals surface area contributed by atoms with E-state index in [-0.39, 0.29) is 88.1 Å². The quantitative estimate of drug-likeness (QED) is 0.0383. The van der Waals surface area contributed by atoms with Crippen LogP contribution in [0.25, 0.3) is 11.4 Å². The summed E-state index contributed by atoms with van der Waals surface area (Å²) in [6.07, 6.45) is 3.72. The molecule has 3 aliphatic rings. The Bertz CT molecular complexity index is 2810. The highest BCUT2D eigenvalue weighted by Crippen LogP contribution is 2.45. The van der Waals surface area contributed by atoms with Gasteiger partial charge in [-0.1, -0.05) is 85.6 Å². The number of amides is 6. The molecule has 0 spiro atoms. The molecule has 2 aliphatic heterocycles. The molecule has 3 heterocycles. The molecule has 20 nitrogen and oxygen atoms in total. The molecule has 4 aromatic carbocycles. The van der Waals surface area contributed by atoms with Crippen LogP contribution >= 0.6 is 0 Å². The lowest BCUT2D eigenvalue weighted by molar-refractivity contribution is -0.137. The van der Waals surface area contributed by atoms with Gasteiger partial charge in [0.15, 0.2) is 5.96 Å². The van der Waals surface area contributed by atoms with Crippen LogP contribution in [-0.4, -0.2) is 118 Å². The number of hydrogen-bond donors (Lipinski definition) is 7. The number of benzene rings is 4. The molecule has 0 radical (unpaired) electrons. The number of rotatable bonds is 18. The van der Waals surface area contributed by atoms with E-state index in [1.165, 1.54) is 9.36 Å². The van der Waals surface area contributed by atoms with Crippen molar-refractivity contribution in [3.63, 3.8) is 0 Å². The van der Waals surface area contributed by atoms with Crippen LogP contribution in [-0.2, 0) is 20.9 Å². The van der Waals surface area contributed by atoms with Gasteiger partial charge < -0.3 is 37.6 Å². The molecule has 1 saturated heterocycles. The Morgan fingerprint density at radius 2 is 1.35 bits per heavy atom. The highest BCUT2D eigenvalue weighted by molar-refractivity contribution is 6.07. The van der Waals surface area contributed by atoms with Gasteiger partial charge in [-0.2, -0.15) is 9.36 Å². The molecular formula is C52H63N13O7. The molecule has 1 unspecified atom stereocenters. The Hall–Kier alpha value is -7.84. The maximum absolute atomic E-state index is 14.2. The summed E-state index contributed by atoms with van der Waals surface area (Å²) in [6.45, 7) is 2.47. The van der Waals surface area contributed by atoms with Crippen molar-refractivity contribution in [1.82, 2.24) is 45.0 Å². The largest absolute Gasteiger partial charge is 0.370 e. The Morgan fingerprint density at radius 1 is 0.736 bits per heavy atom. The van der Waals surface area contributed by atoms with Crippen LogP contribution in [0.4, 0.5) is 10.5 Å². The number of piperazine rings is 1. The highest BCUT2D eigenvalue weighted by atomic mass is 16.2. The van der Waals surface area contributed by atoms with Crippen molar-refractivity contribution in [2.24, 2.45) is 21.9 Å². The lowest BCUT2D eigenvalue weighted by Gasteiger charge is -2.41. The first-order valence-corrected chi connectivity index (χ1v) is 24.6. The maximum atomic E-state index is 14.2. The van der Waals surface area contributed by atoms with E-state index >= 15 is 0 Å². The van der Waals surface area contributed by atoms with Gasteiger partial charge in [0, 0.05) is 83.0 Å². The smallest absolute Gasteiger partial charge is 0.352 e. The molecular weight excluding hydrogens is 919 g/mol. The van der Waals surface area contributed by atoms with Crippen molar-refractivity contribution in [3.8, 4) is 11.4 Å². The minimum Gasteiger partial charge on any atom is -0.370 e. The molecule has 72 heavy (non-hydrogen) atoms. The molecule has 0 bridgehead atoms. The summed E-state index contributed by atoms with van der Waals surface area (Å²) in [5.41, 5.74) is 13.8. The van der Waals surface area contributed by atoms with E-state index in [1.807, 2.05) is 53.4 Å². The van der Waals surface area contributed by atoms with Crippen molar-refractivity contribution >= 4 is 41.3 Å². The number of aromatic nitrogens is 3. The van der Waals surface area contributed by atoms with Gasteiger partial charge in [0.2, 0.25) is 17.7 Å². The van der Waals surface area contributed by atoms with Crippen molar-refractivity contribution in [1.29, 1.82) is 0 Å². The fraction of sp³-hybridized carbons (Fsp3) is 0.385. The molecule has 2 atom stereocenters. The summed E-state index contributed by atoms with van der Waals surface area (Å²) in [5.74, 6) is -1.23. The van der Waals surface area contributed by atoms with Crippen LogP contribution < -0.4 is 49.4 Å². The van der Waals surface area contributed by atoms with E-state index < -0.39 is 34.8 Å². The lowest BCUT2D eigenvalue weighted by atomic mass is 9.78. The third kappa shape index (κ3) is 11.8. The Labute approximate surface area is 416 Å². The molecule has 378 valence electrons. The molecule has 5 aromatic rings. The summed E-state index contributed by atoms with van der Waals surface area (Å²) in [5, 5.41) is 13.8. The van der Waals surface area contributed by atoms with Gasteiger partial charge in [0.25, 0.3) is 5.91 Å². The molecule has 20 heteroatoms. The maximum Gasteiger partial charge on any atom is 0.352 e. The van der Waals surface area contributed by atoms with Crippen LogP contribution in [0.1, 0.15) is 78.9 Å². The average Bonchev–Trinajstić information content (AvgIpc) is 3.91. The Balaban J connectivity index is 0.928. The zero-order chi connectivity index (χ0) is 50.6. The van der Waals surface area contributed by atoms with E-state index in [1.54, 1.807) is 60.7 Å². The monoisotopic (exact) mass is 981 g/mol.